The highest BCUT2D eigenvalue weighted by Gasteiger charge is 2.16. The van der Waals surface area contributed by atoms with Crippen molar-refractivity contribution >= 4 is 63.1 Å². The van der Waals surface area contributed by atoms with Gasteiger partial charge in [-0.1, -0.05) is 17.7 Å². The van der Waals surface area contributed by atoms with E-state index in [1.165, 1.54) is 11.3 Å². The van der Waals surface area contributed by atoms with Gasteiger partial charge in [0, 0.05) is 23.5 Å². The summed E-state index contributed by atoms with van der Waals surface area (Å²) in [4.78, 5) is 17.3. The molecule has 1 aromatic carbocycles. The largest absolute Gasteiger partial charge is 0.368 e. The smallest absolute Gasteiger partial charge is 0.222 e. The highest BCUT2D eigenvalue weighted by atomic mass is 35.5. The first-order valence-corrected chi connectivity index (χ1v) is 9.07. The molecule has 0 saturated heterocycles. The Morgan fingerprint density at radius 3 is 2.79 bits per heavy atom. The van der Waals surface area contributed by atoms with Crippen molar-refractivity contribution in [2.24, 2.45) is 0 Å². The van der Waals surface area contributed by atoms with Gasteiger partial charge in [-0.2, -0.15) is 10.2 Å². The fourth-order valence-corrected chi connectivity index (χ4v) is 4.06. The molecule has 3 aromatic heterocycles. The zero-order valence-electron chi connectivity index (χ0n) is 14.5. The molecule has 7 nitrogen and oxygen atoms in total. The van der Waals surface area contributed by atoms with E-state index in [0.717, 1.165) is 15.9 Å². The predicted octanol–water partition coefficient (Wildman–Crippen LogP) is 4.73. The van der Waals surface area contributed by atoms with Gasteiger partial charge in [-0.15, -0.1) is 23.7 Å². The molecule has 0 atom stereocenters. The van der Waals surface area contributed by atoms with Gasteiger partial charge in [0.2, 0.25) is 5.95 Å². The molecule has 28 heavy (non-hydrogen) atoms. The summed E-state index contributed by atoms with van der Waals surface area (Å²) in [5.74, 6) is 1.33. The van der Waals surface area contributed by atoms with Crippen LogP contribution in [0.1, 0.15) is 11.3 Å². The van der Waals surface area contributed by atoms with E-state index in [4.69, 9.17) is 17.3 Å². The molecular weight excluding hydrogens is 417 g/mol. The highest BCUT2D eigenvalue weighted by molar-refractivity contribution is 7.22. The summed E-state index contributed by atoms with van der Waals surface area (Å²) in [7, 11) is 0. The minimum atomic E-state index is 0. The van der Waals surface area contributed by atoms with E-state index in [0.29, 0.717) is 32.8 Å². The van der Waals surface area contributed by atoms with Crippen LogP contribution in [0.3, 0.4) is 0 Å². The third kappa shape index (κ3) is 3.68. The molecule has 0 radical (unpaired) electrons. The fraction of sp³-hybridized carbons (Fsp3) is 0.0556. The molecule has 10 heteroatoms. The molecule has 0 aliphatic rings. The van der Waals surface area contributed by atoms with Crippen molar-refractivity contribution in [2.75, 3.05) is 11.1 Å². The Morgan fingerprint density at radius 1 is 1.21 bits per heavy atom. The van der Waals surface area contributed by atoms with Crippen LogP contribution in [0.15, 0.2) is 36.5 Å². The Kier molecular flexibility index (Phi) is 5.61. The van der Waals surface area contributed by atoms with Gasteiger partial charge in [0.25, 0.3) is 0 Å². The number of aromatic nitrogens is 4. The van der Waals surface area contributed by atoms with Crippen LogP contribution in [-0.4, -0.2) is 19.9 Å². The molecule has 0 unspecified atom stereocenters. The first kappa shape index (κ1) is 19.8. The van der Waals surface area contributed by atoms with E-state index in [9.17, 15) is 5.26 Å². The number of hydrogen-bond acceptors (Lipinski definition) is 8. The number of anilines is 3. The summed E-state index contributed by atoms with van der Waals surface area (Å²) in [6, 6.07) is 11.0. The van der Waals surface area contributed by atoms with E-state index in [1.54, 1.807) is 30.5 Å². The fourth-order valence-electron chi connectivity index (χ4n) is 2.66. The van der Waals surface area contributed by atoms with E-state index < -0.39 is 0 Å². The molecule has 140 valence electrons. The Labute approximate surface area is 175 Å². The minimum absolute atomic E-state index is 0. The van der Waals surface area contributed by atoms with Crippen LogP contribution in [0.25, 0.3) is 20.8 Å². The van der Waals surface area contributed by atoms with Gasteiger partial charge in [-0.25, -0.2) is 15.0 Å². The second kappa shape index (κ2) is 7.94. The molecule has 0 aliphatic heterocycles. The number of thiazole rings is 1. The Morgan fingerprint density at radius 2 is 2.04 bits per heavy atom. The first-order chi connectivity index (χ1) is 13.0. The van der Waals surface area contributed by atoms with Gasteiger partial charge >= 0.3 is 0 Å². The van der Waals surface area contributed by atoms with Crippen LogP contribution in [-0.2, 0) is 0 Å². The molecule has 0 fully saturated rings. The lowest BCUT2D eigenvalue weighted by atomic mass is 10.1. The molecule has 0 bridgehead atoms. The number of benzene rings is 1. The number of halogens is 2. The number of pyridine rings is 1. The number of nitrogen functional groups attached to an aromatic ring is 1. The average molecular weight is 430 g/mol. The van der Waals surface area contributed by atoms with Crippen molar-refractivity contribution in [1.29, 1.82) is 5.26 Å². The zero-order chi connectivity index (χ0) is 19.0. The molecule has 0 aliphatic carbocycles. The quantitative estimate of drug-likeness (QED) is 0.483. The maximum absolute atomic E-state index is 9.40. The number of nitrogens with zero attached hydrogens (tertiary/aromatic N) is 5. The Bertz CT molecular complexity index is 1200. The summed E-state index contributed by atoms with van der Waals surface area (Å²) >= 11 is 7.73. The summed E-state index contributed by atoms with van der Waals surface area (Å²) in [5.41, 5.74) is 8.31. The summed E-state index contributed by atoms with van der Waals surface area (Å²) in [6.07, 6.45) is 1.66. The number of hydrogen-bond donors (Lipinski definition) is 2. The molecule has 3 N–H and O–H groups in total. The SMILES string of the molecule is Cc1cc(Nc2nccc3nc(-c4c(Cl)cccc4C#N)sc23)nc(N)n1.Cl. The third-order valence-corrected chi connectivity index (χ3v) is 5.18. The lowest BCUT2D eigenvalue weighted by Crippen LogP contribution is -2.02. The van der Waals surface area contributed by atoms with E-state index in [-0.39, 0.29) is 18.4 Å². The van der Waals surface area contributed by atoms with Gasteiger partial charge in [0.15, 0.2) is 5.82 Å². The molecule has 0 spiro atoms. The van der Waals surface area contributed by atoms with Crippen LogP contribution in [0.4, 0.5) is 17.6 Å². The highest BCUT2D eigenvalue weighted by Crippen LogP contribution is 2.38. The second-order valence-corrected chi connectivity index (χ2v) is 7.09. The van der Waals surface area contributed by atoms with Crippen LogP contribution >= 0.6 is 35.3 Å². The van der Waals surface area contributed by atoms with Crippen LogP contribution < -0.4 is 11.1 Å². The zero-order valence-corrected chi connectivity index (χ0v) is 16.9. The molecule has 0 amide bonds. The van der Waals surface area contributed by atoms with Gasteiger partial charge in [-0.05, 0) is 25.1 Å². The molecule has 4 rings (SSSR count). The molecule has 0 saturated carbocycles. The molecule has 4 aromatic rings. The van der Waals surface area contributed by atoms with Crippen molar-refractivity contribution < 1.29 is 0 Å². The van der Waals surface area contributed by atoms with E-state index in [2.05, 4.69) is 31.3 Å². The number of aryl methyl sites for hydroxylation is 1. The van der Waals surface area contributed by atoms with Gasteiger partial charge in [-0.3, -0.25) is 0 Å². The van der Waals surface area contributed by atoms with E-state index >= 15 is 0 Å². The Hall–Kier alpha value is -2.99. The number of nitrogens with two attached hydrogens (primary N) is 1. The standard InChI is InChI=1S/C18H12ClN7S.ClH/c1-9-7-13(26-18(21)23-9)25-16-15-12(5-6-22-16)24-17(27-15)14-10(8-20)3-2-4-11(14)19;/h2-7H,1H3,(H3,21,22,23,25,26);1H. The molecular formula is C18H13Cl2N7S. The molecule has 3 heterocycles. The van der Waals surface area contributed by atoms with Crippen LogP contribution in [0.2, 0.25) is 5.02 Å². The number of rotatable bonds is 3. The second-order valence-electron chi connectivity index (χ2n) is 5.68. The lowest BCUT2D eigenvalue weighted by molar-refractivity contribution is 1.12. The topological polar surface area (TPSA) is 113 Å². The van der Waals surface area contributed by atoms with Crippen molar-refractivity contribution in [2.45, 2.75) is 6.92 Å². The maximum Gasteiger partial charge on any atom is 0.222 e. The normalized spacial score (nSPS) is 10.3. The van der Waals surface area contributed by atoms with Crippen LogP contribution in [0.5, 0.6) is 0 Å². The van der Waals surface area contributed by atoms with Crippen molar-refractivity contribution in [1.82, 2.24) is 19.9 Å². The van der Waals surface area contributed by atoms with Crippen LogP contribution in [0, 0.1) is 18.3 Å². The van der Waals surface area contributed by atoms with Gasteiger partial charge in [0.1, 0.15) is 10.8 Å². The Balaban J connectivity index is 0.00000225. The summed E-state index contributed by atoms with van der Waals surface area (Å²) in [5, 5.41) is 13.7. The average Bonchev–Trinajstić information content (AvgIpc) is 3.05. The van der Waals surface area contributed by atoms with Crippen molar-refractivity contribution in [3.05, 3.63) is 52.8 Å². The maximum atomic E-state index is 9.40. The third-order valence-electron chi connectivity index (χ3n) is 3.77. The summed E-state index contributed by atoms with van der Waals surface area (Å²) < 4.78 is 0.825. The van der Waals surface area contributed by atoms with E-state index in [1.807, 2.05) is 13.0 Å². The predicted molar refractivity (Wildman–Crippen MR) is 114 cm³/mol. The minimum Gasteiger partial charge on any atom is -0.368 e. The van der Waals surface area contributed by atoms with Gasteiger partial charge in [0.05, 0.1) is 26.9 Å². The summed E-state index contributed by atoms with van der Waals surface area (Å²) in [6.45, 7) is 1.84. The number of fused-ring (bicyclic) bond motifs is 1. The van der Waals surface area contributed by atoms with Gasteiger partial charge < -0.3 is 11.1 Å². The van der Waals surface area contributed by atoms with Crippen molar-refractivity contribution in [3.63, 3.8) is 0 Å². The monoisotopic (exact) mass is 429 g/mol. The van der Waals surface area contributed by atoms with Crippen molar-refractivity contribution in [3.8, 4) is 16.6 Å². The lowest BCUT2D eigenvalue weighted by Gasteiger charge is -2.06. The number of nitriles is 1. The number of nitrogens with one attached hydrogen (secondary N) is 1. The first-order valence-electron chi connectivity index (χ1n) is 7.88.